The Kier molecular flexibility index (Phi) is 3.52. The highest BCUT2D eigenvalue weighted by Gasteiger charge is 2.55. The number of ether oxygens (including phenoxy) is 2. The van der Waals surface area contributed by atoms with Crippen LogP contribution in [0.1, 0.15) is 40.0 Å². The Morgan fingerprint density at radius 2 is 2.06 bits per heavy atom. The van der Waals surface area contributed by atoms with Crippen LogP contribution in [0.5, 0.6) is 0 Å². The summed E-state index contributed by atoms with van der Waals surface area (Å²) in [6.45, 7) is 6.68. The van der Waals surface area contributed by atoms with Gasteiger partial charge in [-0.2, -0.15) is 0 Å². The number of carboxylic acids is 1. The van der Waals surface area contributed by atoms with Crippen molar-refractivity contribution in [1.29, 1.82) is 0 Å². The fourth-order valence-corrected chi connectivity index (χ4v) is 3.06. The van der Waals surface area contributed by atoms with Crippen LogP contribution in [0.25, 0.3) is 0 Å². The highest BCUT2D eigenvalue weighted by Crippen LogP contribution is 2.50. The second-order valence-electron chi connectivity index (χ2n) is 5.74. The summed E-state index contributed by atoms with van der Waals surface area (Å²) in [6, 6.07) is 0. The maximum atomic E-state index is 11.5. The van der Waals surface area contributed by atoms with Crippen molar-refractivity contribution >= 4 is 5.97 Å². The first-order valence-electron chi connectivity index (χ1n) is 6.58. The Bertz CT molecular complexity index is 364. The molecule has 18 heavy (non-hydrogen) atoms. The summed E-state index contributed by atoms with van der Waals surface area (Å²) in [5.74, 6) is -1.61. The van der Waals surface area contributed by atoms with E-state index in [2.05, 4.69) is 6.08 Å². The minimum absolute atomic E-state index is 0.134. The summed E-state index contributed by atoms with van der Waals surface area (Å²) in [5.41, 5.74) is 0.456. The standard InChI is InChI=1S/C14H22O4/c1-4-10-5-6-14(17-7-8-18-14)11(9-10)13(2,3)12(15)16/h4,11H,5-9H2,1-3H3,(H,15,16)/b10-4-. The van der Waals surface area contributed by atoms with E-state index in [1.807, 2.05) is 6.92 Å². The van der Waals surface area contributed by atoms with E-state index in [4.69, 9.17) is 9.47 Å². The summed E-state index contributed by atoms with van der Waals surface area (Å²) in [4.78, 5) is 11.5. The van der Waals surface area contributed by atoms with Crippen molar-refractivity contribution < 1.29 is 19.4 Å². The normalized spacial score (nSPS) is 29.9. The number of carbonyl (C=O) groups is 1. The molecule has 1 spiro atoms. The van der Waals surface area contributed by atoms with E-state index in [1.54, 1.807) is 13.8 Å². The van der Waals surface area contributed by atoms with Crippen molar-refractivity contribution in [3.05, 3.63) is 11.6 Å². The van der Waals surface area contributed by atoms with E-state index in [-0.39, 0.29) is 5.92 Å². The van der Waals surface area contributed by atoms with Gasteiger partial charge in [-0.05, 0) is 33.6 Å². The van der Waals surface area contributed by atoms with Gasteiger partial charge in [-0.1, -0.05) is 11.6 Å². The lowest BCUT2D eigenvalue weighted by Crippen LogP contribution is -2.51. The topological polar surface area (TPSA) is 55.8 Å². The second-order valence-corrected chi connectivity index (χ2v) is 5.74. The van der Waals surface area contributed by atoms with Gasteiger partial charge < -0.3 is 14.6 Å². The zero-order chi connectivity index (χ0) is 13.4. The average molecular weight is 254 g/mol. The van der Waals surface area contributed by atoms with Crippen LogP contribution in [0.4, 0.5) is 0 Å². The molecular weight excluding hydrogens is 232 g/mol. The number of carboxylic acid groups (broad SMARTS) is 1. The molecule has 2 rings (SSSR count). The van der Waals surface area contributed by atoms with Gasteiger partial charge in [-0.25, -0.2) is 0 Å². The first kappa shape index (κ1) is 13.6. The molecule has 0 aromatic carbocycles. The van der Waals surface area contributed by atoms with Gasteiger partial charge in [0.05, 0.1) is 18.6 Å². The monoisotopic (exact) mass is 254 g/mol. The largest absolute Gasteiger partial charge is 0.481 e. The molecule has 1 saturated heterocycles. The van der Waals surface area contributed by atoms with Crippen LogP contribution < -0.4 is 0 Å². The van der Waals surface area contributed by atoms with Crippen LogP contribution in [0.15, 0.2) is 11.6 Å². The number of rotatable bonds is 2. The van der Waals surface area contributed by atoms with Crippen LogP contribution in [-0.4, -0.2) is 30.1 Å². The highest BCUT2D eigenvalue weighted by molar-refractivity contribution is 5.74. The van der Waals surface area contributed by atoms with Gasteiger partial charge in [-0.15, -0.1) is 0 Å². The fraction of sp³-hybridized carbons (Fsp3) is 0.786. The Hall–Kier alpha value is -0.870. The van der Waals surface area contributed by atoms with Crippen LogP contribution in [0.3, 0.4) is 0 Å². The molecule has 2 fully saturated rings. The molecule has 0 aromatic heterocycles. The molecule has 0 aromatic rings. The Labute approximate surface area is 108 Å². The molecule has 0 bridgehead atoms. The molecule has 1 heterocycles. The molecule has 1 aliphatic heterocycles. The minimum atomic E-state index is -0.848. The van der Waals surface area contributed by atoms with Crippen LogP contribution in [0, 0.1) is 11.3 Å². The maximum Gasteiger partial charge on any atom is 0.309 e. The molecule has 2 aliphatic rings. The molecule has 0 radical (unpaired) electrons. The van der Waals surface area contributed by atoms with E-state index in [0.29, 0.717) is 13.2 Å². The van der Waals surface area contributed by atoms with Crippen molar-refractivity contribution in [2.75, 3.05) is 13.2 Å². The number of aliphatic carboxylic acids is 1. The van der Waals surface area contributed by atoms with Gasteiger partial charge >= 0.3 is 5.97 Å². The lowest BCUT2D eigenvalue weighted by molar-refractivity contribution is -0.232. The second kappa shape index (κ2) is 4.67. The summed E-state index contributed by atoms with van der Waals surface area (Å²) >= 11 is 0. The Morgan fingerprint density at radius 1 is 1.44 bits per heavy atom. The first-order valence-corrected chi connectivity index (χ1v) is 6.58. The molecule has 1 unspecified atom stereocenters. The first-order chi connectivity index (χ1) is 8.42. The van der Waals surface area contributed by atoms with Gasteiger partial charge in [0.1, 0.15) is 0 Å². The Balaban J connectivity index is 2.33. The van der Waals surface area contributed by atoms with Crippen LogP contribution in [0.2, 0.25) is 0 Å². The highest BCUT2D eigenvalue weighted by atomic mass is 16.7. The average Bonchev–Trinajstić information content (AvgIpc) is 2.78. The lowest BCUT2D eigenvalue weighted by atomic mass is 9.66. The molecule has 1 saturated carbocycles. The molecule has 0 amide bonds. The van der Waals surface area contributed by atoms with E-state index in [9.17, 15) is 9.90 Å². The van der Waals surface area contributed by atoms with Crippen molar-refractivity contribution in [3.63, 3.8) is 0 Å². The van der Waals surface area contributed by atoms with Crippen molar-refractivity contribution in [1.82, 2.24) is 0 Å². The van der Waals surface area contributed by atoms with E-state index in [0.717, 1.165) is 19.3 Å². The van der Waals surface area contributed by atoms with Gasteiger partial charge in [-0.3, -0.25) is 4.79 Å². The van der Waals surface area contributed by atoms with Crippen LogP contribution in [-0.2, 0) is 14.3 Å². The van der Waals surface area contributed by atoms with E-state index < -0.39 is 17.2 Å². The van der Waals surface area contributed by atoms with Crippen molar-refractivity contribution in [2.24, 2.45) is 11.3 Å². The van der Waals surface area contributed by atoms with Gasteiger partial charge in [0.2, 0.25) is 0 Å². The van der Waals surface area contributed by atoms with E-state index >= 15 is 0 Å². The summed E-state index contributed by atoms with van der Waals surface area (Å²) < 4.78 is 11.6. The molecule has 1 atom stereocenters. The predicted octanol–water partition coefficient (Wildman–Crippen LogP) is 2.59. The molecular formula is C14H22O4. The number of hydrogen-bond donors (Lipinski definition) is 1. The summed E-state index contributed by atoms with van der Waals surface area (Å²) in [7, 11) is 0. The lowest BCUT2D eigenvalue weighted by Gasteiger charge is -2.46. The third kappa shape index (κ3) is 2.08. The summed E-state index contributed by atoms with van der Waals surface area (Å²) in [5, 5.41) is 9.47. The molecule has 1 N–H and O–H groups in total. The van der Waals surface area contributed by atoms with Gasteiger partial charge in [0.15, 0.2) is 5.79 Å². The van der Waals surface area contributed by atoms with E-state index in [1.165, 1.54) is 5.57 Å². The predicted molar refractivity (Wildman–Crippen MR) is 67.1 cm³/mol. The molecule has 1 aliphatic carbocycles. The SMILES string of the molecule is C/C=C1/CCC2(OCCO2)C(C(C)(C)C(=O)O)C1. The molecule has 4 nitrogen and oxygen atoms in total. The van der Waals surface area contributed by atoms with Gasteiger partial charge in [0, 0.05) is 12.3 Å². The molecule has 102 valence electrons. The zero-order valence-electron chi connectivity index (χ0n) is 11.4. The minimum Gasteiger partial charge on any atom is -0.481 e. The Morgan fingerprint density at radius 3 is 2.56 bits per heavy atom. The smallest absolute Gasteiger partial charge is 0.309 e. The summed E-state index contributed by atoms with van der Waals surface area (Å²) in [6.07, 6.45) is 4.53. The third-order valence-electron chi connectivity index (χ3n) is 4.40. The van der Waals surface area contributed by atoms with Crippen molar-refractivity contribution in [2.45, 2.75) is 45.8 Å². The third-order valence-corrected chi connectivity index (χ3v) is 4.40. The fourth-order valence-electron chi connectivity index (χ4n) is 3.06. The zero-order valence-corrected chi connectivity index (χ0v) is 11.4. The van der Waals surface area contributed by atoms with Crippen LogP contribution >= 0.6 is 0 Å². The molecule has 4 heteroatoms. The van der Waals surface area contributed by atoms with Gasteiger partial charge in [0.25, 0.3) is 0 Å². The van der Waals surface area contributed by atoms with Crippen molar-refractivity contribution in [3.8, 4) is 0 Å². The quantitative estimate of drug-likeness (QED) is 0.769. The maximum absolute atomic E-state index is 11.5. The number of allylic oxidation sites excluding steroid dienone is 2. The number of hydrogen-bond acceptors (Lipinski definition) is 3.